The van der Waals surface area contributed by atoms with Gasteiger partial charge in [0.15, 0.2) is 0 Å². The van der Waals surface area contributed by atoms with Crippen LogP contribution in [0.1, 0.15) is 5.82 Å². The van der Waals surface area contributed by atoms with E-state index in [9.17, 15) is 8.42 Å². The van der Waals surface area contributed by atoms with Gasteiger partial charge in [0.2, 0.25) is 0 Å². The molecule has 0 spiro atoms. The first kappa shape index (κ1) is 17.8. The number of thiophene rings is 1. The van der Waals surface area contributed by atoms with E-state index in [1.165, 1.54) is 15.3 Å². The van der Waals surface area contributed by atoms with Gasteiger partial charge >= 0.3 is 0 Å². The highest BCUT2D eigenvalue weighted by atomic mass is 32.2. The molecule has 0 N–H and O–H groups in total. The second-order valence-corrected chi connectivity index (χ2v) is 9.88. The van der Waals surface area contributed by atoms with Gasteiger partial charge in [0.1, 0.15) is 10.0 Å². The molecule has 1 aliphatic rings. The van der Waals surface area contributed by atoms with Crippen molar-refractivity contribution in [2.24, 2.45) is 0 Å². The van der Waals surface area contributed by atoms with Gasteiger partial charge in [0.05, 0.1) is 30.8 Å². The van der Waals surface area contributed by atoms with Crippen molar-refractivity contribution in [2.45, 2.75) is 10.8 Å². The number of rotatable bonds is 4. The molecule has 1 aliphatic heterocycles. The van der Waals surface area contributed by atoms with Gasteiger partial charge in [0.25, 0.3) is 10.0 Å². The summed E-state index contributed by atoms with van der Waals surface area (Å²) >= 11 is 1.30. The molecule has 1 saturated heterocycles. The molecule has 3 heterocycles. The molecule has 144 valence electrons. The lowest BCUT2D eigenvalue weighted by Gasteiger charge is -2.26. The molecular formula is C20H19N3O3S2. The number of aromatic nitrogens is 2. The van der Waals surface area contributed by atoms with Gasteiger partial charge in [-0.05, 0) is 29.7 Å². The summed E-state index contributed by atoms with van der Waals surface area (Å²) in [6.45, 7) is 3.33. The zero-order valence-corrected chi connectivity index (χ0v) is 16.7. The van der Waals surface area contributed by atoms with Gasteiger partial charge in [0, 0.05) is 17.8 Å². The predicted molar refractivity (Wildman–Crippen MR) is 110 cm³/mol. The van der Waals surface area contributed by atoms with Crippen LogP contribution in [-0.4, -0.2) is 48.6 Å². The SMILES string of the molecule is O=S(=O)(c1cc2ccccc2s1)n1c(CN2CCOCC2)nc2ccccc21. The molecule has 8 heteroatoms. The lowest BCUT2D eigenvalue weighted by atomic mass is 10.3. The molecule has 4 aromatic rings. The number of benzene rings is 2. The first-order valence-electron chi connectivity index (χ1n) is 9.13. The maximum absolute atomic E-state index is 13.6. The van der Waals surface area contributed by atoms with E-state index in [2.05, 4.69) is 9.88 Å². The largest absolute Gasteiger partial charge is 0.379 e. The van der Waals surface area contributed by atoms with E-state index in [1.807, 2.05) is 48.5 Å². The van der Waals surface area contributed by atoms with Crippen molar-refractivity contribution < 1.29 is 13.2 Å². The normalized spacial score (nSPS) is 16.1. The third-order valence-electron chi connectivity index (χ3n) is 4.95. The van der Waals surface area contributed by atoms with Gasteiger partial charge in [-0.2, -0.15) is 8.42 Å². The van der Waals surface area contributed by atoms with E-state index in [-0.39, 0.29) is 0 Å². The highest BCUT2D eigenvalue weighted by Crippen LogP contribution is 2.32. The zero-order chi connectivity index (χ0) is 19.1. The molecule has 0 saturated carbocycles. The first-order chi connectivity index (χ1) is 13.6. The predicted octanol–water partition coefficient (Wildman–Crippen LogP) is 3.32. The Kier molecular flexibility index (Phi) is 4.43. The average Bonchev–Trinajstić information content (AvgIpc) is 3.30. The number of fused-ring (bicyclic) bond motifs is 2. The molecule has 1 fully saturated rings. The standard InChI is InChI=1S/C20H19N3O3S2/c24-28(25,20-13-15-5-1-4-8-18(15)27-20)23-17-7-3-2-6-16(17)21-19(23)14-22-9-11-26-12-10-22/h1-8,13H,9-12,14H2. The van der Waals surface area contributed by atoms with Gasteiger partial charge in [-0.3, -0.25) is 4.90 Å². The Morgan fingerprint density at radius 2 is 1.79 bits per heavy atom. The monoisotopic (exact) mass is 413 g/mol. The molecule has 0 radical (unpaired) electrons. The van der Waals surface area contributed by atoms with Crippen molar-refractivity contribution in [2.75, 3.05) is 26.3 Å². The van der Waals surface area contributed by atoms with Crippen molar-refractivity contribution in [1.82, 2.24) is 13.9 Å². The summed E-state index contributed by atoms with van der Waals surface area (Å²) in [5.41, 5.74) is 1.30. The molecule has 0 amide bonds. The second-order valence-electron chi connectivity index (χ2n) is 6.78. The molecule has 28 heavy (non-hydrogen) atoms. The minimum absolute atomic E-state index is 0.333. The smallest absolute Gasteiger partial charge is 0.279 e. The third-order valence-corrected chi connectivity index (χ3v) is 8.26. The molecule has 5 rings (SSSR count). The number of hydrogen-bond acceptors (Lipinski definition) is 6. The summed E-state index contributed by atoms with van der Waals surface area (Å²) in [4.78, 5) is 6.84. The number of hydrogen-bond donors (Lipinski definition) is 0. The van der Waals surface area contributed by atoms with Crippen LogP contribution in [-0.2, 0) is 21.3 Å². The quantitative estimate of drug-likeness (QED) is 0.514. The van der Waals surface area contributed by atoms with E-state index in [0.717, 1.165) is 23.2 Å². The first-order valence-corrected chi connectivity index (χ1v) is 11.4. The fourth-order valence-electron chi connectivity index (χ4n) is 3.56. The van der Waals surface area contributed by atoms with Gasteiger partial charge in [-0.15, -0.1) is 11.3 Å². The fourth-order valence-corrected chi connectivity index (χ4v) is 6.51. The topological polar surface area (TPSA) is 64.4 Å². The Morgan fingerprint density at radius 1 is 1.04 bits per heavy atom. The summed E-state index contributed by atoms with van der Waals surface area (Å²) in [7, 11) is -3.75. The van der Waals surface area contributed by atoms with Gasteiger partial charge in [-0.25, -0.2) is 8.96 Å². The molecule has 2 aromatic carbocycles. The second kappa shape index (κ2) is 6.97. The van der Waals surface area contributed by atoms with Crippen LogP contribution in [0.3, 0.4) is 0 Å². The Labute approximate surface area is 167 Å². The maximum atomic E-state index is 13.6. The van der Waals surface area contributed by atoms with Crippen LogP contribution >= 0.6 is 11.3 Å². The Morgan fingerprint density at radius 3 is 2.61 bits per heavy atom. The molecule has 2 aromatic heterocycles. The van der Waals surface area contributed by atoms with Crippen LogP contribution in [0.4, 0.5) is 0 Å². The highest BCUT2D eigenvalue weighted by molar-refractivity contribution is 7.92. The minimum Gasteiger partial charge on any atom is -0.379 e. The van der Waals surface area contributed by atoms with Crippen LogP contribution in [0.25, 0.3) is 21.1 Å². The number of para-hydroxylation sites is 2. The Balaban J connectivity index is 1.66. The van der Waals surface area contributed by atoms with E-state index >= 15 is 0 Å². The van der Waals surface area contributed by atoms with E-state index in [4.69, 9.17) is 4.74 Å². The molecule has 0 atom stereocenters. The number of imidazole rings is 1. The highest BCUT2D eigenvalue weighted by Gasteiger charge is 2.27. The van der Waals surface area contributed by atoms with E-state index < -0.39 is 10.0 Å². The fraction of sp³-hybridized carbons (Fsp3) is 0.250. The number of ether oxygens (including phenoxy) is 1. The Hall–Kier alpha value is -2.26. The molecule has 0 unspecified atom stereocenters. The van der Waals surface area contributed by atoms with Crippen molar-refractivity contribution in [3.8, 4) is 0 Å². The van der Waals surface area contributed by atoms with E-state index in [0.29, 0.717) is 40.8 Å². The van der Waals surface area contributed by atoms with Crippen LogP contribution in [0, 0.1) is 0 Å². The van der Waals surface area contributed by atoms with Gasteiger partial charge < -0.3 is 4.74 Å². The van der Waals surface area contributed by atoms with Crippen LogP contribution < -0.4 is 0 Å². The zero-order valence-electron chi connectivity index (χ0n) is 15.1. The lowest BCUT2D eigenvalue weighted by Crippen LogP contribution is -2.36. The van der Waals surface area contributed by atoms with Crippen LogP contribution in [0.5, 0.6) is 0 Å². The summed E-state index contributed by atoms with van der Waals surface area (Å²) in [5, 5.41) is 0.935. The third kappa shape index (κ3) is 3.02. The van der Waals surface area contributed by atoms with Crippen molar-refractivity contribution in [1.29, 1.82) is 0 Å². The van der Waals surface area contributed by atoms with Crippen LogP contribution in [0.2, 0.25) is 0 Å². The average molecular weight is 414 g/mol. The lowest BCUT2D eigenvalue weighted by molar-refractivity contribution is 0.0330. The van der Waals surface area contributed by atoms with Gasteiger partial charge in [-0.1, -0.05) is 30.3 Å². The summed E-state index contributed by atoms with van der Waals surface area (Å²) in [6, 6.07) is 16.9. The number of morpholine rings is 1. The molecule has 0 bridgehead atoms. The molecule has 0 aliphatic carbocycles. The molecule has 6 nitrogen and oxygen atoms in total. The maximum Gasteiger partial charge on any atom is 0.279 e. The molecular weight excluding hydrogens is 394 g/mol. The number of nitrogens with zero attached hydrogens (tertiary/aromatic N) is 3. The van der Waals surface area contributed by atoms with E-state index in [1.54, 1.807) is 6.07 Å². The summed E-state index contributed by atoms with van der Waals surface area (Å²) in [6.07, 6.45) is 0. The van der Waals surface area contributed by atoms with Crippen molar-refractivity contribution >= 4 is 42.5 Å². The summed E-state index contributed by atoms with van der Waals surface area (Å²) < 4.78 is 35.4. The van der Waals surface area contributed by atoms with Crippen LogP contribution in [0.15, 0.2) is 58.8 Å². The van der Waals surface area contributed by atoms with Crippen molar-refractivity contribution in [3.63, 3.8) is 0 Å². The minimum atomic E-state index is -3.75. The van der Waals surface area contributed by atoms with Crippen molar-refractivity contribution in [3.05, 3.63) is 60.4 Å². The summed E-state index contributed by atoms with van der Waals surface area (Å²) in [5.74, 6) is 0.542. The Bertz CT molecular complexity index is 1220.